The molecule has 2 heterocycles. The zero-order valence-corrected chi connectivity index (χ0v) is 13.3. The molecule has 1 aromatic rings. The van der Waals surface area contributed by atoms with Gasteiger partial charge in [-0.15, -0.1) is 0 Å². The Morgan fingerprint density at radius 1 is 1.30 bits per heavy atom. The third kappa shape index (κ3) is 2.39. The van der Waals surface area contributed by atoms with E-state index in [1.165, 1.54) is 0 Å². The molecule has 1 fully saturated rings. The maximum absolute atomic E-state index is 12.6. The summed E-state index contributed by atoms with van der Waals surface area (Å²) < 4.78 is 30.5. The zero-order valence-electron chi connectivity index (χ0n) is 10.9. The molecule has 0 aromatic heterocycles. The van der Waals surface area contributed by atoms with E-state index in [9.17, 15) is 13.2 Å². The highest BCUT2D eigenvalue weighted by atomic mass is 79.9. The van der Waals surface area contributed by atoms with Gasteiger partial charge in [0.1, 0.15) is 11.0 Å². The van der Waals surface area contributed by atoms with Gasteiger partial charge in [0.2, 0.25) is 0 Å². The molecule has 1 atom stereocenters. The average Bonchev–Trinajstić information content (AvgIpc) is 2.84. The van der Waals surface area contributed by atoms with E-state index in [1.807, 2.05) is 6.07 Å². The van der Waals surface area contributed by atoms with Crippen LogP contribution >= 0.6 is 15.9 Å². The first-order chi connectivity index (χ1) is 9.49. The summed E-state index contributed by atoms with van der Waals surface area (Å²) in [5.41, 5.74) is 1.37. The topological polar surface area (TPSA) is 60.4 Å². The molecule has 6 heteroatoms. The lowest BCUT2D eigenvalue weighted by atomic mass is 10.0. The lowest BCUT2D eigenvalue weighted by Gasteiger charge is -2.21. The molecule has 2 aliphatic heterocycles. The van der Waals surface area contributed by atoms with Gasteiger partial charge in [0, 0.05) is 10.9 Å². The summed E-state index contributed by atoms with van der Waals surface area (Å²) in [4.78, 5) is 12.6. The molecule has 1 saturated heterocycles. The Morgan fingerprint density at radius 3 is 2.85 bits per heavy atom. The van der Waals surface area contributed by atoms with E-state index >= 15 is 0 Å². The molecule has 20 heavy (non-hydrogen) atoms. The Morgan fingerprint density at radius 2 is 2.10 bits per heavy atom. The first-order valence-corrected chi connectivity index (χ1v) is 9.21. The summed E-state index contributed by atoms with van der Waals surface area (Å²) >= 11 is 3.38. The quantitative estimate of drug-likeness (QED) is 0.762. The molecular formula is C14H15BrO4S. The van der Waals surface area contributed by atoms with Crippen LogP contribution in [0.25, 0.3) is 0 Å². The number of Topliss-reactive ketones (excluding diaryl/α,β-unsaturated/α-hetero) is 1. The molecule has 1 aromatic carbocycles. The van der Waals surface area contributed by atoms with Gasteiger partial charge in [0.05, 0.1) is 17.9 Å². The fourth-order valence-corrected chi connectivity index (χ4v) is 5.25. The number of hydrogen-bond acceptors (Lipinski definition) is 4. The van der Waals surface area contributed by atoms with Crippen molar-refractivity contribution in [2.45, 2.75) is 30.9 Å². The summed E-state index contributed by atoms with van der Waals surface area (Å²) in [5, 5.41) is -0.904. The summed E-state index contributed by atoms with van der Waals surface area (Å²) in [6.45, 7) is 0.545. The standard InChI is InChI=1S/C14H15BrO4S/c15-10-7-9-4-5-19-14(9)11(8-10)13(16)12-3-1-2-6-20(12,17)18/h7-8,12H,1-6H2. The smallest absolute Gasteiger partial charge is 0.184 e. The van der Waals surface area contributed by atoms with E-state index in [-0.39, 0.29) is 11.5 Å². The minimum atomic E-state index is -3.32. The summed E-state index contributed by atoms with van der Waals surface area (Å²) in [6.07, 6.45) is 2.61. The van der Waals surface area contributed by atoms with Gasteiger partial charge in [0.25, 0.3) is 0 Å². The molecule has 0 radical (unpaired) electrons. The van der Waals surface area contributed by atoms with Gasteiger partial charge in [-0.3, -0.25) is 4.79 Å². The minimum Gasteiger partial charge on any atom is -0.492 e. The van der Waals surface area contributed by atoms with Crippen LogP contribution in [-0.4, -0.2) is 31.8 Å². The van der Waals surface area contributed by atoms with Crippen LogP contribution in [0.4, 0.5) is 0 Å². The van der Waals surface area contributed by atoms with Crippen molar-refractivity contribution in [3.8, 4) is 5.75 Å². The van der Waals surface area contributed by atoms with Crippen LogP contribution in [0.2, 0.25) is 0 Å². The Bertz CT molecular complexity index is 666. The lowest BCUT2D eigenvalue weighted by Crippen LogP contribution is -2.35. The fraction of sp³-hybridized carbons (Fsp3) is 0.500. The zero-order chi connectivity index (χ0) is 14.3. The molecular weight excluding hydrogens is 344 g/mol. The monoisotopic (exact) mass is 358 g/mol. The second-order valence-corrected chi connectivity index (χ2v) is 8.47. The number of ketones is 1. The molecule has 108 valence electrons. The highest BCUT2D eigenvalue weighted by Gasteiger charge is 2.37. The largest absolute Gasteiger partial charge is 0.492 e. The number of carbonyl (C=O) groups is 1. The molecule has 1 unspecified atom stereocenters. The van der Waals surface area contributed by atoms with Crippen molar-refractivity contribution >= 4 is 31.6 Å². The SMILES string of the molecule is O=C(c1cc(Br)cc2c1OCC2)C1CCCCS1(=O)=O. The van der Waals surface area contributed by atoms with Gasteiger partial charge in [-0.05, 0) is 30.5 Å². The van der Waals surface area contributed by atoms with E-state index in [0.29, 0.717) is 30.8 Å². The predicted octanol–water partition coefficient (Wildman–Crippen LogP) is 2.53. The summed E-state index contributed by atoms with van der Waals surface area (Å²) in [5.74, 6) is 0.364. The van der Waals surface area contributed by atoms with Crippen LogP contribution in [0, 0.1) is 0 Å². The summed E-state index contributed by atoms with van der Waals surface area (Å²) in [6, 6.07) is 3.60. The molecule has 0 bridgehead atoms. The Hall–Kier alpha value is -0.880. The van der Waals surface area contributed by atoms with Gasteiger partial charge < -0.3 is 4.74 Å². The molecule has 0 saturated carbocycles. The molecule has 3 rings (SSSR count). The number of benzene rings is 1. The Balaban J connectivity index is 2.03. The second kappa shape index (κ2) is 5.15. The van der Waals surface area contributed by atoms with Gasteiger partial charge in [-0.25, -0.2) is 8.42 Å². The van der Waals surface area contributed by atoms with Crippen LogP contribution in [0.3, 0.4) is 0 Å². The number of carbonyl (C=O) groups excluding carboxylic acids is 1. The van der Waals surface area contributed by atoms with Crippen molar-refractivity contribution in [3.05, 3.63) is 27.7 Å². The molecule has 0 aliphatic carbocycles. The van der Waals surface area contributed by atoms with E-state index in [0.717, 1.165) is 22.9 Å². The third-order valence-corrected chi connectivity index (χ3v) is 6.52. The van der Waals surface area contributed by atoms with E-state index in [4.69, 9.17) is 4.74 Å². The fourth-order valence-electron chi connectivity index (χ4n) is 2.87. The number of rotatable bonds is 2. The van der Waals surface area contributed by atoms with Gasteiger partial charge >= 0.3 is 0 Å². The molecule has 4 nitrogen and oxygen atoms in total. The number of hydrogen-bond donors (Lipinski definition) is 0. The van der Waals surface area contributed by atoms with Crippen molar-refractivity contribution in [2.24, 2.45) is 0 Å². The van der Waals surface area contributed by atoms with Crippen LogP contribution in [-0.2, 0) is 16.3 Å². The van der Waals surface area contributed by atoms with Crippen molar-refractivity contribution in [3.63, 3.8) is 0 Å². The number of halogens is 1. The molecule has 0 amide bonds. The number of fused-ring (bicyclic) bond motifs is 1. The van der Waals surface area contributed by atoms with E-state index in [1.54, 1.807) is 6.07 Å². The highest BCUT2D eigenvalue weighted by molar-refractivity contribution is 9.10. The first kappa shape index (κ1) is 14.1. The van der Waals surface area contributed by atoms with E-state index < -0.39 is 15.1 Å². The molecule has 2 aliphatic rings. The first-order valence-electron chi connectivity index (χ1n) is 6.70. The third-order valence-electron chi connectivity index (χ3n) is 3.88. The van der Waals surface area contributed by atoms with Gasteiger partial charge in [-0.1, -0.05) is 22.4 Å². The molecule has 0 spiro atoms. The van der Waals surface area contributed by atoms with E-state index in [2.05, 4.69) is 15.9 Å². The van der Waals surface area contributed by atoms with Crippen molar-refractivity contribution < 1.29 is 17.9 Å². The minimum absolute atomic E-state index is 0.112. The Labute approximate surface area is 126 Å². The molecule has 0 N–H and O–H groups in total. The maximum atomic E-state index is 12.6. The van der Waals surface area contributed by atoms with Crippen molar-refractivity contribution in [1.29, 1.82) is 0 Å². The number of sulfone groups is 1. The summed E-state index contributed by atoms with van der Waals surface area (Å²) in [7, 11) is -3.32. The van der Waals surface area contributed by atoms with Crippen molar-refractivity contribution in [1.82, 2.24) is 0 Å². The van der Waals surface area contributed by atoms with Crippen LogP contribution in [0.1, 0.15) is 35.2 Å². The highest BCUT2D eigenvalue weighted by Crippen LogP contribution is 2.35. The van der Waals surface area contributed by atoms with Gasteiger partial charge in [-0.2, -0.15) is 0 Å². The normalized spacial score (nSPS) is 23.9. The maximum Gasteiger partial charge on any atom is 0.184 e. The number of ether oxygens (including phenoxy) is 1. The predicted molar refractivity (Wildman–Crippen MR) is 79.1 cm³/mol. The Kier molecular flexibility index (Phi) is 3.62. The van der Waals surface area contributed by atoms with Gasteiger partial charge in [0.15, 0.2) is 15.6 Å². The van der Waals surface area contributed by atoms with Crippen LogP contribution < -0.4 is 4.74 Å². The average molecular weight is 359 g/mol. The lowest BCUT2D eigenvalue weighted by molar-refractivity contribution is 0.0978. The van der Waals surface area contributed by atoms with Crippen LogP contribution in [0.5, 0.6) is 5.75 Å². The second-order valence-electron chi connectivity index (χ2n) is 5.26. The van der Waals surface area contributed by atoms with Crippen molar-refractivity contribution in [2.75, 3.05) is 12.4 Å². The van der Waals surface area contributed by atoms with Crippen LogP contribution in [0.15, 0.2) is 16.6 Å².